The summed E-state index contributed by atoms with van der Waals surface area (Å²) in [6, 6.07) is 16.8. The summed E-state index contributed by atoms with van der Waals surface area (Å²) in [5.41, 5.74) is 6.57. The molecular formula is C22H19Cl3N2O2. The van der Waals surface area contributed by atoms with Gasteiger partial charge in [-0.25, -0.2) is 0 Å². The predicted octanol–water partition coefficient (Wildman–Crippen LogP) is 6.99. The van der Waals surface area contributed by atoms with Gasteiger partial charge in [0.2, 0.25) is 0 Å². The number of hydrogen-bond acceptors (Lipinski definition) is 4. The molecule has 29 heavy (non-hydrogen) atoms. The maximum Gasteiger partial charge on any atom is 0.161 e. The van der Waals surface area contributed by atoms with Crippen molar-refractivity contribution in [3.63, 3.8) is 0 Å². The fraction of sp³-hybridized carbons (Fsp3) is 0.136. The molecule has 3 aromatic carbocycles. The fourth-order valence-electron chi connectivity index (χ4n) is 2.54. The first-order chi connectivity index (χ1) is 14.0. The maximum atomic E-state index is 6.23. The molecule has 150 valence electrons. The molecule has 0 spiro atoms. The van der Waals surface area contributed by atoms with Crippen LogP contribution in [-0.2, 0) is 6.61 Å². The van der Waals surface area contributed by atoms with E-state index in [4.69, 9.17) is 44.3 Å². The van der Waals surface area contributed by atoms with Gasteiger partial charge in [0.1, 0.15) is 6.61 Å². The van der Waals surface area contributed by atoms with Gasteiger partial charge in [-0.2, -0.15) is 5.10 Å². The number of benzene rings is 3. The third-order valence-corrected chi connectivity index (χ3v) is 5.35. The average Bonchev–Trinajstić information content (AvgIpc) is 2.73. The van der Waals surface area contributed by atoms with Crippen LogP contribution < -0.4 is 14.9 Å². The molecule has 4 nitrogen and oxygen atoms in total. The van der Waals surface area contributed by atoms with E-state index >= 15 is 0 Å². The highest BCUT2D eigenvalue weighted by Crippen LogP contribution is 2.34. The van der Waals surface area contributed by atoms with Gasteiger partial charge in [-0.3, -0.25) is 5.43 Å². The molecule has 0 aliphatic carbocycles. The number of halogens is 3. The molecule has 1 N–H and O–H groups in total. The Morgan fingerprint density at radius 2 is 1.66 bits per heavy atom. The van der Waals surface area contributed by atoms with Crippen LogP contribution in [0.15, 0.2) is 59.7 Å². The molecular weight excluding hydrogens is 431 g/mol. The molecule has 0 fully saturated rings. The first-order valence-electron chi connectivity index (χ1n) is 8.77. The third kappa shape index (κ3) is 5.57. The van der Waals surface area contributed by atoms with Gasteiger partial charge in [0.15, 0.2) is 11.5 Å². The van der Waals surface area contributed by atoms with Crippen LogP contribution in [-0.4, -0.2) is 13.3 Å². The number of hydrogen-bond donors (Lipinski definition) is 1. The SMILES string of the molecule is COc1cc(/C=N/Nc2ccc(C)cc2)ccc1OCc1c(Cl)ccc(Cl)c1Cl. The van der Waals surface area contributed by atoms with Gasteiger partial charge >= 0.3 is 0 Å². The van der Waals surface area contributed by atoms with E-state index in [1.165, 1.54) is 5.56 Å². The van der Waals surface area contributed by atoms with Crippen molar-refractivity contribution in [3.8, 4) is 11.5 Å². The van der Waals surface area contributed by atoms with Gasteiger partial charge in [0, 0.05) is 10.6 Å². The smallest absolute Gasteiger partial charge is 0.161 e. The van der Waals surface area contributed by atoms with Crippen LogP contribution in [0.4, 0.5) is 5.69 Å². The second-order valence-corrected chi connectivity index (χ2v) is 7.45. The Hall–Kier alpha value is -2.40. The molecule has 3 aromatic rings. The number of methoxy groups -OCH3 is 1. The van der Waals surface area contributed by atoms with Gasteiger partial charge in [-0.05, 0) is 55.0 Å². The third-order valence-electron chi connectivity index (χ3n) is 4.16. The van der Waals surface area contributed by atoms with Crippen molar-refractivity contribution in [2.24, 2.45) is 5.10 Å². The molecule has 0 saturated carbocycles. The molecule has 0 aliphatic heterocycles. The summed E-state index contributed by atoms with van der Waals surface area (Å²) in [4.78, 5) is 0. The van der Waals surface area contributed by atoms with Crippen LogP contribution >= 0.6 is 34.8 Å². The van der Waals surface area contributed by atoms with E-state index in [1.807, 2.05) is 43.3 Å². The van der Waals surface area contributed by atoms with E-state index in [0.717, 1.165) is 11.3 Å². The molecule has 7 heteroatoms. The van der Waals surface area contributed by atoms with Crippen LogP contribution in [0.5, 0.6) is 11.5 Å². The summed E-state index contributed by atoms with van der Waals surface area (Å²) in [5.74, 6) is 1.13. The Labute approximate surface area is 185 Å². The van der Waals surface area contributed by atoms with Crippen molar-refractivity contribution in [1.82, 2.24) is 0 Å². The van der Waals surface area contributed by atoms with Crippen molar-refractivity contribution in [3.05, 3.63) is 86.4 Å². The van der Waals surface area contributed by atoms with E-state index < -0.39 is 0 Å². The highest BCUT2D eigenvalue weighted by Gasteiger charge is 2.12. The molecule has 0 radical (unpaired) electrons. The maximum absolute atomic E-state index is 6.23. The van der Waals surface area contributed by atoms with Crippen LogP contribution in [0.1, 0.15) is 16.7 Å². The van der Waals surface area contributed by atoms with Gasteiger partial charge < -0.3 is 9.47 Å². The number of nitrogens with one attached hydrogen (secondary N) is 1. The molecule has 3 rings (SSSR count). The summed E-state index contributed by atoms with van der Waals surface area (Å²) < 4.78 is 11.3. The van der Waals surface area contributed by atoms with Crippen molar-refractivity contribution in [2.75, 3.05) is 12.5 Å². The minimum atomic E-state index is 0.164. The van der Waals surface area contributed by atoms with Crippen molar-refractivity contribution in [1.29, 1.82) is 0 Å². The Balaban J connectivity index is 1.69. The van der Waals surface area contributed by atoms with Crippen molar-refractivity contribution in [2.45, 2.75) is 13.5 Å². The zero-order valence-corrected chi connectivity index (χ0v) is 18.1. The standard InChI is InChI=1S/C22H19Cl3N2O2/c1-14-3-6-16(7-4-14)27-26-12-15-5-10-20(21(11-15)28-2)29-13-17-18(23)8-9-19(24)22(17)25/h3-12,27H,13H2,1-2H3/b26-12+. The summed E-state index contributed by atoms with van der Waals surface area (Å²) in [5, 5.41) is 5.55. The zero-order valence-electron chi connectivity index (χ0n) is 15.9. The molecule has 0 atom stereocenters. The molecule has 0 saturated heterocycles. The monoisotopic (exact) mass is 448 g/mol. The van der Waals surface area contributed by atoms with Crippen LogP contribution in [0.3, 0.4) is 0 Å². The number of aryl methyl sites for hydroxylation is 1. The van der Waals surface area contributed by atoms with E-state index in [1.54, 1.807) is 31.5 Å². The second kappa shape index (κ2) is 9.88. The fourth-order valence-corrected chi connectivity index (χ4v) is 3.20. The quantitative estimate of drug-likeness (QED) is 0.240. The van der Waals surface area contributed by atoms with Crippen molar-refractivity contribution < 1.29 is 9.47 Å². The van der Waals surface area contributed by atoms with E-state index in [9.17, 15) is 0 Å². The summed E-state index contributed by atoms with van der Waals surface area (Å²) in [7, 11) is 1.58. The highest BCUT2D eigenvalue weighted by molar-refractivity contribution is 6.44. The van der Waals surface area contributed by atoms with Gasteiger partial charge in [0.25, 0.3) is 0 Å². The predicted molar refractivity (Wildman–Crippen MR) is 121 cm³/mol. The van der Waals surface area contributed by atoms with Crippen LogP contribution in [0.25, 0.3) is 0 Å². The lowest BCUT2D eigenvalue weighted by Crippen LogP contribution is -2.00. The normalized spacial score (nSPS) is 10.9. The van der Waals surface area contributed by atoms with E-state index in [2.05, 4.69) is 10.5 Å². The number of rotatable bonds is 7. The minimum Gasteiger partial charge on any atom is -0.493 e. The molecule has 0 heterocycles. The lowest BCUT2D eigenvalue weighted by atomic mass is 10.2. The Kier molecular flexibility index (Phi) is 7.26. The second-order valence-electron chi connectivity index (χ2n) is 6.26. The van der Waals surface area contributed by atoms with Crippen LogP contribution in [0.2, 0.25) is 15.1 Å². The first-order valence-corrected chi connectivity index (χ1v) is 9.90. The molecule has 0 bridgehead atoms. The Morgan fingerprint density at radius 3 is 2.38 bits per heavy atom. The largest absolute Gasteiger partial charge is 0.493 e. The average molecular weight is 450 g/mol. The first kappa shape index (κ1) is 21.3. The summed E-state index contributed by atoms with van der Waals surface area (Å²) >= 11 is 18.5. The summed E-state index contributed by atoms with van der Waals surface area (Å²) in [6.07, 6.45) is 1.71. The highest BCUT2D eigenvalue weighted by atomic mass is 35.5. The van der Waals surface area contributed by atoms with Gasteiger partial charge in [-0.1, -0.05) is 52.5 Å². The van der Waals surface area contributed by atoms with Gasteiger partial charge in [-0.15, -0.1) is 0 Å². The number of hydrazone groups is 1. The lowest BCUT2D eigenvalue weighted by Gasteiger charge is -2.13. The molecule has 0 aliphatic rings. The van der Waals surface area contributed by atoms with Gasteiger partial charge in [0.05, 0.1) is 29.1 Å². The van der Waals surface area contributed by atoms with Crippen molar-refractivity contribution >= 4 is 46.7 Å². The lowest BCUT2D eigenvalue weighted by molar-refractivity contribution is 0.284. The van der Waals surface area contributed by atoms with E-state index in [-0.39, 0.29) is 6.61 Å². The number of anilines is 1. The van der Waals surface area contributed by atoms with E-state index in [0.29, 0.717) is 32.1 Å². The Morgan fingerprint density at radius 1 is 0.931 bits per heavy atom. The zero-order chi connectivity index (χ0) is 20.8. The van der Waals surface area contributed by atoms with Crippen LogP contribution in [0, 0.1) is 6.92 Å². The number of nitrogens with zero attached hydrogens (tertiary/aromatic N) is 1. The minimum absolute atomic E-state index is 0.164. The molecule has 0 aromatic heterocycles. The molecule has 0 amide bonds. The topological polar surface area (TPSA) is 42.8 Å². The Bertz CT molecular complexity index is 1020. The number of ether oxygens (including phenoxy) is 2. The molecule has 0 unspecified atom stereocenters. The summed E-state index contributed by atoms with van der Waals surface area (Å²) in [6.45, 7) is 2.20.